The fourth-order valence-corrected chi connectivity index (χ4v) is 5.57. The molecule has 0 aliphatic heterocycles. The molecule has 0 aliphatic rings. The molecule has 2 aromatic heterocycles. The minimum atomic E-state index is -5.77. The van der Waals surface area contributed by atoms with Crippen LogP contribution in [0.25, 0.3) is 0 Å². The van der Waals surface area contributed by atoms with Crippen LogP contribution in [0, 0.1) is 0 Å². The Morgan fingerprint density at radius 1 is 0.885 bits per heavy atom. The zero-order chi connectivity index (χ0) is 46.0. The van der Waals surface area contributed by atoms with Gasteiger partial charge in [0.2, 0.25) is 18.0 Å². The van der Waals surface area contributed by atoms with Crippen molar-refractivity contribution in [1.29, 1.82) is 0 Å². The maximum Gasteiger partial charge on any atom is 0.458 e. The Hall–Kier alpha value is -6.17. The van der Waals surface area contributed by atoms with Gasteiger partial charge in [-0.15, -0.1) is 11.3 Å². The van der Waals surface area contributed by atoms with E-state index in [1.165, 1.54) is 22.1 Å². The largest absolute Gasteiger partial charge is 0.458 e. The lowest BCUT2D eigenvalue weighted by atomic mass is 10.1. The molecule has 0 aliphatic carbocycles. The number of amides is 1. The lowest BCUT2D eigenvalue weighted by Crippen LogP contribution is -2.44. The van der Waals surface area contributed by atoms with E-state index in [0.29, 0.717) is 31.6 Å². The topological polar surface area (TPSA) is 222 Å². The molecule has 2 aromatic carbocycles. The van der Waals surface area contributed by atoms with Crippen LogP contribution in [-0.2, 0) is 38.6 Å². The first-order valence-electron chi connectivity index (χ1n) is 17.1. The molecule has 0 saturated heterocycles. The first-order valence-corrected chi connectivity index (χ1v) is 18.3. The summed E-state index contributed by atoms with van der Waals surface area (Å²) in [5.41, 5.74) is 12.7. The highest BCUT2D eigenvalue weighted by atomic mass is 35.5. The van der Waals surface area contributed by atoms with Crippen LogP contribution in [0.1, 0.15) is 39.5 Å². The number of aromatic nitrogens is 3. The Morgan fingerprint density at radius 3 is 1.90 bits per heavy atom. The molecule has 0 saturated carbocycles. The molecular formula is C36H34ClF9N8O6S. The van der Waals surface area contributed by atoms with Gasteiger partial charge in [0.1, 0.15) is 6.54 Å². The average Bonchev–Trinajstić information content (AvgIpc) is 3.74. The molecule has 330 valence electrons. The number of benzene rings is 2. The number of halogens is 10. The van der Waals surface area contributed by atoms with Gasteiger partial charge in [-0.2, -0.15) is 39.5 Å². The van der Waals surface area contributed by atoms with Crippen LogP contribution in [0.15, 0.2) is 82.0 Å². The predicted octanol–water partition coefficient (Wildman–Crippen LogP) is 5.02. The fraction of sp³-hybridized carbons (Fsp3) is 0.306. The number of ketones is 3. The number of nitrogens with two attached hydrogens (primary N) is 2. The molecule has 0 fully saturated rings. The number of hydrogen-bond donors (Lipinski definition) is 4. The number of thiazole rings is 1. The Labute approximate surface area is 348 Å². The van der Waals surface area contributed by atoms with E-state index in [-0.39, 0.29) is 47.1 Å². The minimum Gasteiger partial charge on any atom is -0.370 e. The Balaban J connectivity index is 0.000000593. The number of carbonyl (C=O) groups excluding carboxylic acids is 5. The zero-order valence-electron chi connectivity index (χ0n) is 31.1. The Morgan fingerprint density at radius 2 is 1.43 bits per heavy atom. The summed E-state index contributed by atoms with van der Waals surface area (Å²) in [5, 5.41) is 7.92. The second kappa shape index (κ2) is 23.6. The van der Waals surface area contributed by atoms with Crippen LogP contribution >= 0.6 is 22.9 Å². The second-order valence-corrected chi connectivity index (χ2v) is 13.3. The van der Waals surface area contributed by atoms with Crippen LogP contribution < -0.4 is 27.7 Å². The average molecular weight is 913 g/mol. The van der Waals surface area contributed by atoms with Gasteiger partial charge in [0, 0.05) is 31.1 Å². The lowest BCUT2D eigenvalue weighted by Gasteiger charge is -2.19. The number of aliphatic imine (C=N–C) groups is 1. The summed E-state index contributed by atoms with van der Waals surface area (Å²) < 4.78 is 99.5. The first kappa shape index (κ1) is 51.0. The SMILES string of the molecule is NC(N)=NCCC[C@H](NC(=O)Cn1c(Cc2ccccc2)c(Cl)nc(NCCc2ccccc2)c1=O)C(=O)c1nccs1.O=C(C(=O)C(F)(F)F)C(F)(F)F.O=CC(F)(F)F. The van der Waals surface area contributed by atoms with Crippen molar-refractivity contribution in [3.8, 4) is 0 Å². The molecule has 0 unspecified atom stereocenters. The molecule has 0 radical (unpaired) electrons. The number of nitrogens with one attached hydrogen (secondary N) is 2. The molecule has 25 heteroatoms. The maximum atomic E-state index is 13.7. The normalized spacial score (nSPS) is 11.7. The monoisotopic (exact) mass is 912 g/mol. The van der Waals surface area contributed by atoms with E-state index in [0.717, 1.165) is 11.1 Å². The summed E-state index contributed by atoms with van der Waals surface area (Å²) in [6.45, 7) is 0.359. The van der Waals surface area contributed by atoms with Gasteiger partial charge in [0.05, 0.1) is 11.7 Å². The summed E-state index contributed by atoms with van der Waals surface area (Å²) in [6.07, 6.45) is -14.1. The lowest BCUT2D eigenvalue weighted by molar-refractivity contribution is -0.193. The van der Waals surface area contributed by atoms with Gasteiger partial charge < -0.3 is 22.1 Å². The third-order valence-electron chi connectivity index (χ3n) is 7.38. The molecule has 2 heterocycles. The Bertz CT molecular complexity index is 2140. The highest BCUT2D eigenvalue weighted by Crippen LogP contribution is 2.24. The highest BCUT2D eigenvalue weighted by Gasteiger charge is 2.54. The first-order chi connectivity index (χ1) is 28.4. The highest BCUT2D eigenvalue weighted by molar-refractivity contribution is 7.11. The molecule has 4 rings (SSSR count). The van der Waals surface area contributed by atoms with Crippen LogP contribution in [0.4, 0.5) is 45.3 Å². The maximum absolute atomic E-state index is 13.7. The quantitative estimate of drug-likeness (QED) is 0.0222. The third kappa shape index (κ3) is 18.3. The molecule has 6 N–H and O–H groups in total. The van der Waals surface area contributed by atoms with Crippen LogP contribution in [0.2, 0.25) is 5.15 Å². The number of guanidine groups is 1. The zero-order valence-corrected chi connectivity index (χ0v) is 32.7. The summed E-state index contributed by atoms with van der Waals surface area (Å²) in [5.74, 6) is -7.70. The van der Waals surface area contributed by atoms with E-state index in [2.05, 4.69) is 25.6 Å². The predicted molar refractivity (Wildman–Crippen MR) is 204 cm³/mol. The van der Waals surface area contributed by atoms with Gasteiger partial charge >= 0.3 is 30.1 Å². The molecular weight excluding hydrogens is 879 g/mol. The molecule has 4 aromatic rings. The number of nitrogens with zero attached hydrogens (tertiary/aromatic N) is 4. The van der Waals surface area contributed by atoms with Gasteiger partial charge in [-0.05, 0) is 30.4 Å². The van der Waals surface area contributed by atoms with Crippen molar-refractivity contribution in [2.45, 2.75) is 56.8 Å². The molecule has 14 nitrogen and oxygen atoms in total. The molecule has 1 atom stereocenters. The van der Waals surface area contributed by atoms with Crippen molar-refractivity contribution >= 4 is 64.3 Å². The number of alkyl halides is 9. The van der Waals surface area contributed by atoms with Crippen molar-refractivity contribution in [1.82, 2.24) is 19.9 Å². The van der Waals surface area contributed by atoms with Crippen molar-refractivity contribution in [2.75, 3.05) is 18.4 Å². The number of hydrogen-bond acceptors (Lipinski definition) is 11. The molecule has 0 spiro atoms. The van der Waals surface area contributed by atoms with E-state index < -0.39 is 53.9 Å². The van der Waals surface area contributed by atoms with E-state index in [1.807, 2.05) is 60.7 Å². The Kier molecular flexibility index (Phi) is 19.7. The van der Waals surface area contributed by atoms with E-state index in [9.17, 15) is 63.5 Å². The van der Waals surface area contributed by atoms with Gasteiger partial charge in [-0.1, -0.05) is 72.3 Å². The number of rotatable bonds is 16. The number of carbonyl (C=O) groups is 5. The van der Waals surface area contributed by atoms with Crippen molar-refractivity contribution in [3.63, 3.8) is 0 Å². The van der Waals surface area contributed by atoms with Crippen molar-refractivity contribution in [3.05, 3.63) is 110 Å². The molecule has 1 amide bonds. The van der Waals surface area contributed by atoms with Gasteiger partial charge in [0.15, 0.2) is 21.9 Å². The van der Waals surface area contributed by atoms with E-state index in [1.54, 1.807) is 5.38 Å². The summed E-state index contributed by atoms with van der Waals surface area (Å²) in [6, 6.07) is 18.4. The van der Waals surface area contributed by atoms with Gasteiger partial charge in [0.25, 0.3) is 5.56 Å². The number of aldehydes is 1. The second-order valence-electron chi connectivity index (χ2n) is 12.0. The van der Waals surface area contributed by atoms with E-state index in [4.69, 9.17) is 27.9 Å². The number of anilines is 1. The smallest absolute Gasteiger partial charge is 0.370 e. The van der Waals surface area contributed by atoms with Crippen LogP contribution in [0.5, 0.6) is 0 Å². The van der Waals surface area contributed by atoms with Gasteiger partial charge in [-0.3, -0.25) is 38.3 Å². The van der Waals surface area contributed by atoms with Gasteiger partial charge in [-0.25, -0.2) is 9.97 Å². The standard InChI is InChI=1S/C30H33ClN8O3S.C4F6O2.C2HF3O/c31-26-23(18-21-10-5-2-6-11-21)39(29(42)27(38-26)34-15-13-20-8-3-1-4-9-20)19-24(40)37-22(12-7-14-36-30(32)33)25(41)28-35-16-17-43-28;5-3(6,7)1(11)2(12)4(8,9)10;3-2(4,5)1-6/h1-6,8-11,16-17,22H,7,12-15,18-19H2,(H,34,38)(H,37,40)(H4,32,33,36);;1H/t22-;;/m0../s1. The summed E-state index contributed by atoms with van der Waals surface area (Å²) in [7, 11) is 0. The van der Waals surface area contributed by atoms with Crippen LogP contribution in [-0.4, -0.2) is 87.7 Å². The molecule has 0 bridgehead atoms. The van der Waals surface area contributed by atoms with Crippen molar-refractivity contribution in [2.24, 2.45) is 16.5 Å². The third-order valence-corrected chi connectivity index (χ3v) is 8.47. The molecule has 61 heavy (non-hydrogen) atoms. The van der Waals surface area contributed by atoms with E-state index >= 15 is 0 Å². The summed E-state index contributed by atoms with van der Waals surface area (Å²) in [4.78, 5) is 80.6. The minimum absolute atomic E-state index is 0.0400. The number of Topliss-reactive ketones (excluding diaryl/α,β-unsaturated/α-hetero) is 3. The van der Waals surface area contributed by atoms with Crippen LogP contribution in [0.3, 0.4) is 0 Å². The van der Waals surface area contributed by atoms with Crippen molar-refractivity contribution < 1.29 is 63.5 Å². The summed E-state index contributed by atoms with van der Waals surface area (Å²) >= 11 is 7.81. The fourth-order valence-electron chi connectivity index (χ4n) is 4.69.